The van der Waals surface area contributed by atoms with E-state index in [1.807, 2.05) is 19.4 Å². The van der Waals surface area contributed by atoms with E-state index < -0.39 is 56.1 Å². The van der Waals surface area contributed by atoms with E-state index in [0.29, 0.717) is 59.6 Å². The summed E-state index contributed by atoms with van der Waals surface area (Å²) in [5, 5.41) is 40.5. The smallest absolute Gasteiger partial charge is 0.269 e. The molecule has 10 heterocycles. The summed E-state index contributed by atoms with van der Waals surface area (Å²) in [5.74, 6) is -0.782. The Kier molecular flexibility index (Phi) is 44.5. The van der Waals surface area contributed by atoms with Crippen molar-refractivity contribution in [3.8, 4) is 11.4 Å². The third-order valence-corrected chi connectivity index (χ3v) is 26.5. The van der Waals surface area contributed by atoms with Gasteiger partial charge in [0.15, 0.2) is 81.3 Å². The van der Waals surface area contributed by atoms with E-state index in [9.17, 15) is 49.8 Å². The summed E-state index contributed by atoms with van der Waals surface area (Å²) in [6, 6.07) is 8.47. The van der Waals surface area contributed by atoms with Crippen LogP contribution in [0, 0.1) is 41.8 Å². The Labute approximate surface area is 798 Å². The summed E-state index contributed by atoms with van der Waals surface area (Å²) in [6.45, 7) is 7.49. The van der Waals surface area contributed by atoms with Crippen molar-refractivity contribution in [3.63, 3.8) is 0 Å². The van der Waals surface area contributed by atoms with Gasteiger partial charge in [0.25, 0.3) is 10.0 Å². The highest BCUT2D eigenvalue weighted by Crippen LogP contribution is 2.45. The van der Waals surface area contributed by atoms with Crippen LogP contribution in [-0.4, -0.2) is 189 Å². The van der Waals surface area contributed by atoms with Crippen LogP contribution in [-0.2, 0) is 24.3 Å². The molecule has 8 N–H and O–H groups in total. The average Bonchev–Trinajstić information content (AvgIpc) is 1.59. The number of pyridine rings is 1. The topological polar surface area (TPSA) is 361 Å². The van der Waals surface area contributed by atoms with Crippen molar-refractivity contribution >= 4 is 155 Å². The molecule has 6 saturated carbocycles. The lowest BCUT2D eigenvalue weighted by Gasteiger charge is -2.37. The van der Waals surface area contributed by atoms with E-state index in [0.717, 1.165) is 182 Å². The van der Waals surface area contributed by atoms with Gasteiger partial charge in [0.2, 0.25) is 26.4 Å². The first-order chi connectivity index (χ1) is 58.7. The zero-order chi connectivity index (χ0) is 87.8. The molecule has 1 aromatic carbocycles. The van der Waals surface area contributed by atoms with E-state index in [1.54, 1.807) is 41.7 Å². The van der Waals surface area contributed by atoms with E-state index in [4.69, 9.17) is 79.1 Å². The molecule has 27 nitrogen and oxygen atoms in total. The first-order valence-electron chi connectivity index (χ1n) is 40.2. The fourth-order valence-corrected chi connectivity index (χ4v) is 19.8. The van der Waals surface area contributed by atoms with Gasteiger partial charge in [-0.25, -0.2) is 78.6 Å². The van der Waals surface area contributed by atoms with Gasteiger partial charge in [0, 0.05) is 83.9 Å². The maximum Gasteiger partial charge on any atom is 0.269 e. The summed E-state index contributed by atoms with van der Waals surface area (Å²) >= 11 is 37.6. The maximum absolute atomic E-state index is 14.8. The molecule has 2 aliphatic heterocycles. The molecular weight excluding hydrogens is 1870 g/mol. The molecule has 0 radical (unpaired) electrons. The van der Waals surface area contributed by atoms with E-state index >= 15 is 0 Å². The van der Waals surface area contributed by atoms with Crippen LogP contribution in [0.25, 0.3) is 22.4 Å². The number of ketones is 1. The second-order valence-electron chi connectivity index (χ2n) is 31.9. The molecule has 0 unspecified atom stereocenters. The number of aryl methyl sites for hydroxylation is 1. The number of nitrogens with zero attached hydrogens (tertiary/aromatic N) is 14. The highest BCUT2D eigenvalue weighted by Gasteiger charge is 2.49. The number of benzene rings is 1. The second kappa shape index (κ2) is 51.2. The lowest BCUT2D eigenvalue weighted by molar-refractivity contribution is -0.120. The van der Waals surface area contributed by atoms with Crippen molar-refractivity contribution in [2.24, 2.45) is 0 Å². The van der Waals surface area contributed by atoms with Crippen LogP contribution in [0.1, 0.15) is 212 Å². The van der Waals surface area contributed by atoms with Crippen LogP contribution in [0.15, 0.2) is 97.0 Å². The number of aromatic nitrogens is 14. The fourth-order valence-electron chi connectivity index (χ4n) is 16.0. The van der Waals surface area contributed by atoms with Gasteiger partial charge in [-0.2, -0.15) is 48.4 Å². The number of Topliss-reactive ketones (excluding diaryl/α,β-unsaturated/α-hetero) is 1. The van der Waals surface area contributed by atoms with Crippen LogP contribution in [0.3, 0.4) is 0 Å². The molecule has 2 saturated heterocycles. The van der Waals surface area contributed by atoms with Crippen LogP contribution in [0.4, 0.5) is 61.2 Å². The van der Waals surface area contributed by atoms with Crippen LogP contribution < -0.4 is 31.9 Å². The lowest BCUT2D eigenvalue weighted by atomic mass is 9.83. The molecule has 42 heteroatoms. The van der Waals surface area contributed by atoms with Gasteiger partial charge in [-0.1, -0.05) is 93.4 Å². The molecular formula is C88H122Cl6F6N20O7S3. The molecule has 8 fully saturated rings. The summed E-state index contributed by atoms with van der Waals surface area (Å²) < 4.78 is 121. The molecule has 718 valence electrons. The summed E-state index contributed by atoms with van der Waals surface area (Å²) in [5.41, 5.74) is 1.25. The molecule has 130 heavy (non-hydrogen) atoms. The molecule has 8 aliphatic rings. The first-order valence-corrected chi connectivity index (χ1v) is 46.7. The van der Waals surface area contributed by atoms with Crippen molar-refractivity contribution in [1.29, 1.82) is 0 Å². The molecule has 6 aliphatic carbocycles. The number of hydrogen-bond acceptors (Lipinski definition) is 28. The van der Waals surface area contributed by atoms with Crippen molar-refractivity contribution in [1.82, 2.24) is 68.8 Å². The van der Waals surface area contributed by atoms with Crippen molar-refractivity contribution in [2.75, 3.05) is 69.1 Å². The number of hydrogen-bond donors (Lipinski definition) is 8. The van der Waals surface area contributed by atoms with Crippen molar-refractivity contribution in [3.05, 3.63) is 164 Å². The monoisotopic (exact) mass is 1990 g/mol. The Morgan fingerprint density at radius 1 is 0.469 bits per heavy atom. The number of ether oxygens (including phenoxy) is 2. The zero-order valence-corrected chi connectivity index (χ0v) is 74.4. The first kappa shape index (κ1) is 113. The highest BCUT2D eigenvalue weighted by atomic mass is 35.5. The standard InChI is InChI=1S/C26H27ClFN5O3S2.C12H17ClFN3OS.2C11H13ClFN3O.C11H13ClFN3.C10H11ClFN3O.7CH4/c1-16-5-7-19(8-6-16)38(35,36)33-14-21(20-10-17(27)12-30-25(20)33)23-29-13-22(28)24(32-23)31-18-4-3-9-26(34,11-18)15-37-2;1-19-7-12(18)4-2-3-8(5-12)16-10-9(14)6-15-11(13)17-10;2*12-10-14-5-8(13)9(16-10)15-7-2-1-3-11(4-7)6-17-11;1-7-3-2-4-8(5-7)15-10-9(13)6-14-11(12)16-10;11-10-13-5-8(12)9(15-10)14-6-2-1-3-7(16)4-6;;;;;;;/h5-8,10,12-14,18,34H,3-4,9,11,15H2,1-2H3,(H,29,31,32);6,8,18H,2-5,7H2,1H3,(H,15,16,17);2*5,7H,1-4,6H2,(H,14,15,16);6,8H,1-5H2,(H,14,15,16);5-6H,1-4H2,(H,13,14,15);7*1H4/t18-,26+;8-,12+;7-,11+;7-,11-;8-;6-;;;;;;;/m000000......./s1. The number of fused-ring (bicyclic) bond motifs is 1. The van der Waals surface area contributed by atoms with Crippen LogP contribution >= 0.6 is 93.1 Å². The minimum atomic E-state index is -4.01. The number of rotatable bonds is 19. The van der Waals surface area contributed by atoms with Crippen molar-refractivity contribution < 1.29 is 59.2 Å². The molecule has 8 aromatic heterocycles. The van der Waals surface area contributed by atoms with E-state index in [1.165, 1.54) is 30.1 Å². The Morgan fingerprint density at radius 3 is 1.18 bits per heavy atom. The minimum absolute atomic E-state index is 0. The average molecular weight is 1990 g/mol. The third-order valence-electron chi connectivity index (χ3n) is 22.0. The van der Waals surface area contributed by atoms with Gasteiger partial charge in [-0.3, -0.25) is 4.79 Å². The normalized spacial score (nSPS) is 23.2. The molecule has 9 aromatic rings. The molecule has 0 amide bonds. The van der Waals surface area contributed by atoms with Gasteiger partial charge in [-0.05, 0) is 237 Å². The number of epoxide rings is 2. The molecule has 10 atom stereocenters. The Balaban J connectivity index is 0.000000284. The Bertz CT molecular complexity index is 5130. The SMILES string of the molecule is C.C.C.C.C.C.C.C=C1CCC[C@H](Nc2nc(Cl)ncc2F)C1.CSC[C@@]1(O)CCC[C@H](Nc2nc(-c3cn(S(=O)(=O)c4ccc(C)cc4)c4ncc(Cl)cc34)ncc2F)C1.CSC[C@@]1(O)CCC[C@H](Nc2nc(Cl)ncc2F)C1.Fc1cnc(Cl)nc1N[C@H]1CCC[C@@]2(CO2)C1.Fc1cnc(Cl)nc1N[C@H]1CCC[C@]2(CO2)C1.O=C1CCC[C@H](Nc2nc(Cl)ncc2F)C1. The molecule has 17 rings (SSSR count). The van der Waals surface area contributed by atoms with Gasteiger partial charge in [0.1, 0.15) is 5.78 Å². The van der Waals surface area contributed by atoms with Crippen LogP contribution in [0.2, 0.25) is 31.4 Å². The third kappa shape index (κ3) is 32.1. The second-order valence-corrected chi connectivity index (χ2v) is 37.6. The van der Waals surface area contributed by atoms with Gasteiger partial charge in [-0.15, -0.1) is 0 Å². The summed E-state index contributed by atoms with van der Waals surface area (Å²) in [7, 11) is -4.01. The van der Waals surface area contributed by atoms with Crippen LogP contribution in [0.5, 0.6) is 0 Å². The number of thioether (sulfide) groups is 2. The summed E-state index contributed by atoms with van der Waals surface area (Å²) in [4.78, 5) is 61.2. The number of anilines is 6. The van der Waals surface area contributed by atoms with E-state index in [2.05, 4.69) is 103 Å². The van der Waals surface area contributed by atoms with E-state index in [-0.39, 0.29) is 183 Å². The number of nitrogens with one attached hydrogen (secondary N) is 6. The predicted octanol–water partition coefficient (Wildman–Crippen LogP) is 22.6. The van der Waals surface area contributed by atoms with Gasteiger partial charge < -0.3 is 51.6 Å². The lowest BCUT2D eigenvalue weighted by Crippen LogP contribution is -2.42. The summed E-state index contributed by atoms with van der Waals surface area (Å²) in [6.07, 6.45) is 33.9. The maximum atomic E-state index is 14.8. The van der Waals surface area contributed by atoms with Gasteiger partial charge in [0.05, 0.1) is 82.7 Å². The zero-order valence-electron chi connectivity index (χ0n) is 67.4. The molecule has 2 spiro atoms. The number of carbonyl (C=O) groups excluding carboxylic acids is 1. The Morgan fingerprint density at radius 2 is 0.808 bits per heavy atom. The predicted molar refractivity (Wildman–Crippen MR) is 515 cm³/mol. The fraction of sp³-hybridized carbons (Fsp3) is 0.545. The number of carbonyl (C=O) groups is 1. The van der Waals surface area contributed by atoms with Crippen molar-refractivity contribution in [2.45, 2.75) is 277 Å². The quantitative estimate of drug-likeness (QED) is 0.0161. The molecule has 0 bridgehead atoms. The largest absolute Gasteiger partial charge is 0.389 e. The Hall–Kier alpha value is -7.59. The van der Waals surface area contributed by atoms with Gasteiger partial charge >= 0.3 is 0 Å². The minimum Gasteiger partial charge on any atom is -0.389 e. The highest BCUT2D eigenvalue weighted by molar-refractivity contribution is 7.98. The number of aliphatic hydroxyl groups is 2. The number of halogens is 12.